The van der Waals surface area contributed by atoms with Crippen LogP contribution in [0.2, 0.25) is 0 Å². The third-order valence-electron chi connectivity index (χ3n) is 3.70. The van der Waals surface area contributed by atoms with E-state index in [0.29, 0.717) is 19.7 Å². The van der Waals surface area contributed by atoms with E-state index in [4.69, 9.17) is 4.74 Å². The lowest BCUT2D eigenvalue weighted by molar-refractivity contribution is -0.150. The molecule has 23 heavy (non-hydrogen) atoms. The third-order valence-corrected chi connectivity index (χ3v) is 3.70. The fourth-order valence-corrected chi connectivity index (χ4v) is 2.57. The Bertz CT molecular complexity index is 613. The second-order valence-electron chi connectivity index (χ2n) is 5.25. The van der Waals surface area contributed by atoms with Gasteiger partial charge in [-0.15, -0.1) is 0 Å². The van der Waals surface area contributed by atoms with Crippen molar-refractivity contribution in [3.63, 3.8) is 0 Å². The molecule has 0 saturated carbocycles. The van der Waals surface area contributed by atoms with Gasteiger partial charge in [0.05, 0.1) is 6.61 Å². The molecule has 122 valence electrons. The molecule has 2 rings (SSSR count). The van der Waals surface area contributed by atoms with Crippen molar-refractivity contribution in [2.75, 3.05) is 13.2 Å². The second-order valence-corrected chi connectivity index (χ2v) is 5.25. The summed E-state index contributed by atoms with van der Waals surface area (Å²) in [5.41, 5.74) is 1.85. The van der Waals surface area contributed by atoms with E-state index in [1.807, 2.05) is 42.2 Å². The minimum atomic E-state index is -0.541. The minimum Gasteiger partial charge on any atom is -0.465 e. The van der Waals surface area contributed by atoms with Gasteiger partial charge in [0.25, 0.3) is 0 Å². The number of ether oxygens (including phenoxy) is 1. The summed E-state index contributed by atoms with van der Waals surface area (Å²) in [6.07, 6.45) is 0. The van der Waals surface area contributed by atoms with Crippen LogP contribution < -0.4 is 0 Å². The van der Waals surface area contributed by atoms with E-state index < -0.39 is 6.04 Å². The molecule has 2 aromatic carbocycles. The van der Waals surface area contributed by atoms with Crippen molar-refractivity contribution in [1.29, 1.82) is 0 Å². The monoisotopic (exact) mass is 315 g/mol. The van der Waals surface area contributed by atoms with Gasteiger partial charge in [-0.25, -0.2) is 9.18 Å². The van der Waals surface area contributed by atoms with Crippen molar-refractivity contribution in [2.45, 2.75) is 26.4 Å². The van der Waals surface area contributed by atoms with Crippen LogP contribution in [-0.4, -0.2) is 24.0 Å². The standard InChI is InChI=1S/C19H22FNO2/c1-3-21(14-15-8-6-5-7-9-15)18(19(22)23-4-2)16-10-12-17(20)13-11-16/h5-13,18H,3-4,14H2,1-2H3. The maximum atomic E-state index is 13.2. The number of carbonyl (C=O) groups excluding carboxylic acids is 1. The molecule has 2 aromatic rings. The number of nitrogens with zero attached hydrogens (tertiary/aromatic N) is 1. The Hall–Kier alpha value is -2.20. The van der Waals surface area contributed by atoms with Crippen LogP contribution in [0.5, 0.6) is 0 Å². The van der Waals surface area contributed by atoms with Crippen molar-refractivity contribution in [1.82, 2.24) is 4.90 Å². The van der Waals surface area contributed by atoms with Crippen LogP contribution >= 0.6 is 0 Å². The van der Waals surface area contributed by atoms with Crippen LogP contribution in [-0.2, 0) is 16.1 Å². The lowest BCUT2D eigenvalue weighted by Crippen LogP contribution is -2.35. The molecule has 1 atom stereocenters. The Balaban J connectivity index is 2.30. The fourth-order valence-electron chi connectivity index (χ4n) is 2.57. The highest BCUT2D eigenvalue weighted by atomic mass is 19.1. The molecule has 0 amide bonds. The Kier molecular flexibility index (Phi) is 6.29. The summed E-state index contributed by atoms with van der Waals surface area (Å²) in [5, 5.41) is 0. The smallest absolute Gasteiger partial charge is 0.328 e. The van der Waals surface area contributed by atoms with Crippen molar-refractivity contribution >= 4 is 5.97 Å². The third kappa shape index (κ3) is 4.63. The summed E-state index contributed by atoms with van der Waals surface area (Å²) in [7, 11) is 0. The first-order valence-corrected chi connectivity index (χ1v) is 7.85. The summed E-state index contributed by atoms with van der Waals surface area (Å²) < 4.78 is 18.4. The topological polar surface area (TPSA) is 29.5 Å². The second kappa shape index (κ2) is 8.44. The van der Waals surface area contributed by atoms with Crippen LogP contribution in [0.15, 0.2) is 54.6 Å². The Morgan fingerprint density at radius 2 is 1.74 bits per heavy atom. The van der Waals surface area contributed by atoms with Gasteiger partial charge in [-0.3, -0.25) is 4.90 Å². The first-order valence-electron chi connectivity index (χ1n) is 7.85. The zero-order valence-corrected chi connectivity index (χ0v) is 13.5. The largest absolute Gasteiger partial charge is 0.465 e. The Morgan fingerprint density at radius 3 is 2.30 bits per heavy atom. The lowest BCUT2D eigenvalue weighted by atomic mass is 10.0. The molecule has 0 aromatic heterocycles. The van der Waals surface area contributed by atoms with Crippen molar-refractivity contribution in [3.05, 3.63) is 71.5 Å². The molecule has 0 aliphatic rings. The van der Waals surface area contributed by atoms with Gasteiger partial charge in [0.1, 0.15) is 11.9 Å². The summed E-state index contributed by atoms with van der Waals surface area (Å²) in [6.45, 7) is 5.40. The number of carbonyl (C=O) groups is 1. The predicted octanol–water partition coefficient (Wildman–Crippen LogP) is 3.95. The van der Waals surface area contributed by atoms with Crippen LogP contribution in [0.3, 0.4) is 0 Å². The average molecular weight is 315 g/mol. The van der Waals surface area contributed by atoms with Crippen LogP contribution in [0.1, 0.15) is 31.0 Å². The first-order chi connectivity index (χ1) is 11.2. The molecule has 0 heterocycles. The summed E-state index contributed by atoms with van der Waals surface area (Å²) in [5.74, 6) is -0.626. The number of likely N-dealkylation sites (N-methyl/N-ethyl adjacent to an activating group) is 1. The molecular formula is C19H22FNO2. The highest BCUT2D eigenvalue weighted by Gasteiger charge is 2.28. The number of halogens is 1. The average Bonchev–Trinajstić information content (AvgIpc) is 2.57. The van der Waals surface area contributed by atoms with Crippen LogP contribution in [0.25, 0.3) is 0 Å². The zero-order valence-electron chi connectivity index (χ0n) is 13.5. The maximum Gasteiger partial charge on any atom is 0.328 e. The number of hydrogen-bond acceptors (Lipinski definition) is 3. The Morgan fingerprint density at radius 1 is 1.09 bits per heavy atom. The molecule has 0 saturated heterocycles. The van der Waals surface area contributed by atoms with Gasteiger partial charge in [-0.2, -0.15) is 0 Å². The molecule has 0 radical (unpaired) electrons. The molecule has 0 aliphatic heterocycles. The predicted molar refractivity (Wildman–Crippen MR) is 88.3 cm³/mol. The maximum absolute atomic E-state index is 13.2. The lowest BCUT2D eigenvalue weighted by Gasteiger charge is -2.29. The molecule has 0 N–H and O–H groups in total. The van der Waals surface area contributed by atoms with E-state index in [1.165, 1.54) is 12.1 Å². The fraction of sp³-hybridized carbons (Fsp3) is 0.316. The van der Waals surface area contributed by atoms with E-state index in [1.54, 1.807) is 19.1 Å². The van der Waals surface area contributed by atoms with E-state index in [9.17, 15) is 9.18 Å². The summed E-state index contributed by atoms with van der Waals surface area (Å²) >= 11 is 0. The molecule has 0 bridgehead atoms. The molecular weight excluding hydrogens is 293 g/mol. The molecule has 0 spiro atoms. The number of rotatable bonds is 7. The van der Waals surface area contributed by atoms with Gasteiger partial charge in [0.15, 0.2) is 0 Å². The summed E-state index contributed by atoms with van der Waals surface area (Å²) in [4.78, 5) is 14.5. The normalized spacial score (nSPS) is 12.2. The number of esters is 1. The number of benzene rings is 2. The zero-order chi connectivity index (χ0) is 16.7. The van der Waals surface area contributed by atoms with E-state index in [-0.39, 0.29) is 11.8 Å². The summed E-state index contributed by atoms with van der Waals surface area (Å²) in [6, 6.07) is 15.4. The van der Waals surface area contributed by atoms with Crippen LogP contribution in [0.4, 0.5) is 4.39 Å². The quantitative estimate of drug-likeness (QED) is 0.725. The van der Waals surface area contributed by atoms with Gasteiger partial charge >= 0.3 is 5.97 Å². The van der Waals surface area contributed by atoms with Gasteiger partial charge in [-0.1, -0.05) is 49.4 Å². The minimum absolute atomic E-state index is 0.308. The SMILES string of the molecule is CCOC(=O)C(c1ccc(F)cc1)N(CC)Cc1ccccc1. The van der Waals surface area contributed by atoms with Gasteiger partial charge in [0, 0.05) is 6.54 Å². The molecule has 3 nitrogen and oxygen atoms in total. The van der Waals surface area contributed by atoms with Gasteiger partial charge in [-0.05, 0) is 36.7 Å². The Labute approximate surface area is 136 Å². The molecule has 1 unspecified atom stereocenters. The molecule has 0 fully saturated rings. The van der Waals surface area contributed by atoms with E-state index >= 15 is 0 Å². The van der Waals surface area contributed by atoms with Gasteiger partial charge in [0.2, 0.25) is 0 Å². The van der Waals surface area contributed by atoms with Gasteiger partial charge < -0.3 is 4.74 Å². The van der Waals surface area contributed by atoms with E-state index in [0.717, 1.165) is 11.1 Å². The van der Waals surface area contributed by atoms with E-state index in [2.05, 4.69) is 0 Å². The first kappa shape index (κ1) is 17.2. The highest BCUT2D eigenvalue weighted by molar-refractivity contribution is 5.77. The van der Waals surface area contributed by atoms with Crippen LogP contribution in [0, 0.1) is 5.82 Å². The highest BCUT2D eigenvalue weighted by Crippen LogP contribution is 2.24. The van der Waals surface area contributed by atoms with Crippen molar-refractivity contribution in [3.8, 4) is 0 Å². The van der Waals surface area contributed by atoms with Crippen molar-refractivity contribution < 1.29 is 13.9 Å². The number of hydrogen-bond donors (Lipinski definition) is 0. The molecule has 4 heteroatoms. The van der Waals surface area contributed by atoms with Crippen molar-refractivity contribution in [2.24, 2.45) is 0 Å². The molecule has 0 aliphatic carbocycles.